The van der Waals surface area contributed by atoms with Gasteiger partial charge in [-0.2, -0.15) is 0 Å². The van der Waals surface area contributed by atoms with E-state index in [9.17, 15) is 4.79 Å². The summed E-state index contributed by atoms with van der Waals surface area (Å²) in [6.07, 6.45) is 0. The Kier molecular flexibility index (Phi) is 3.82. The molecule has 0 aliphatic carbocycles. The molecular weight excluding hydrogens is 242 g/mol. The lowest BCUT2D eigenvalue weighted by Crippen LogP contribution is -2.26. The SMILES string of the molecule is Cc1scc(C(=O)N(C)Cc2ccccc2)c1C. The second-order valence-electron chi connectivity index (χ2n) is 4.48. The summed E-state index contributed by atoms with van der Waals surface area (Å²) >= 11 is 1.64. The Balaban J connectivity index is 2.12. The predicted molar refractivity (Wildman–Crippen MR) is 76.0 cm³/mol. The first-order valence-corrected chi connectivity index (χ1v) is 6.81. The topological polar surface area (TPSA) is 20.3 Å². The van der Waals surface area contributed by atoms with E-state index in [-0.39, 0.29) is 5.91 Å². The normalized spacial score (nSPS) is 10.4. The van der Waals surface area contributed by atoms with E-state index in [4.69, 9.17) is 0 Å². The number of hydrogen-bond acceptors (Lipinski definition) is 2. The van der Waals surface area contributed by atoms with E-state index in [0.717, 1.165) is 16.7 Å². The smallest absolute Gasteiger partial charge is 0.255 e. The number of amides is 1. The van der Waals surface area contributed by atoms with E-state index < -0.39 is 0 Å². The molecule has 2 nitrogen and oxygen atoms in total. The predicted octanol–water partition coefficient (Wildman–Crippen LogP) is 3.64. The van der Waals surface area contributed by atoms with Gasteiger partial charge in [0.15, 0.2) is 0 Å². The third kappa shape index (κ3) is 2.62. The molecule has 0 unspecified atom stereocenters. The lowest BCUT2D eigenvalue weighted by Gasteiger charge is -2.17. The Bertz CT molecular complexity index is 545. The van der Waals surface area contributed by atoms with Crippen LogP contribution in [0, 0.1) is 13.8 Å². The van der Waals surface area contributed by atoms with Gasteiger partial charge in [0, 0.05) is 23.8 Å². The molecule has 0 saturated heterocycles. The Morgan fingerprint density at radius 1 is 1.22 bits per heavy atom. The number of carbonyl (C=O) groups excluding carboxylic acids is 1. The summed E-state index contributed by atoms with van der Waals surface area (Å²) in [6.45, 7) is 4.71. The molecule has 1 amide bonds. The van der Waals surface area contributed by atoms with Gasteiger partial charge >= 0.3 is 0 Å². The fraction of sp³-hybridized carbons (Fsp3) is 0.267. The largest absolute Gasteiger partial charge is 0.337 e. The van der Waals surface area contributed by atoms with Gasteiger partial charge in [0.25, 0.3) is 5.91 Å². The molecule has 3 heteroatoms. The van der Waals surface area contributed by atoms with Gasteiger partial charge in [0.1, 0.15) is 0 Å². The molecule has 0 fully saturated rings. The summed E-state index contributed by atoms with van der Waals surface area (Å²) in [5.74, 6) is 0.0979. The van der Waals surface area contributed by atoms with Gasteiger partial charge < -0.3 is 4.90 Å². The van der Waals surface area contributed by atoms with Gasteiger partial charge in [-0.25, -0.2) is 0 Å². The molecule has 2 aromatic rings. The number of hydrogen-bond donors (Lipinski definition) is 0. The molecular formula is C15H17NOS. The number of thiophene rings is 1. The van der Waals surface area contributed by atoms with Gasteiger partial charge in [0.05, 0.1) is 5.56 Å². The zero-order chi connectivity index (χ0) is 13.1. The maximum Gasteiger partial charge on any atom is 0.255 e. The van der Waals surface area contributed by atoms with Crippen molar-refractivity contribution in [3.8, 4) is 0 Å². The van der Waals surface area contributed by atoms with Crippen LogP contribution in [0.1, 0.15) is 26.4 Å². The van der Waals surface area contributed by atoms with Crippen molar-refractivity contribution >= 4 is 17.2 Å². The fourth-order valence-corrected chi connectivity index (χ4v) is 2.72. The van der Waals surface area contributed by atoms with Crippen LogP contribution in [0.4, 0.5) is 0 Å². The van der Waals surface area contributed by atoms with Crippen molar-refractivity contribution in [3.63, 3.8) is 0 Å². The van der Waals surface area contributed by atoms with Crippen LogP contribution in [0.5, 0.6) is 0 Å². The summed E-state index contributed by atoms with van der Waals surface area (Å²) in [6, 6.07) is 10.0. The molecule has 0 N–H and O–H groups in total. The second kappa shape index (κ2) is 5.36. The molecule has 1 aromatic heterocycles. The molecule has 1 heterocycles. The molecule has 0 bridgehead atoms. The van der Waals surface area contributed by atoms with Crippen molar-refractivity contribution < 1.29 is 4.79 Å². The molecule has 18 heavy (non-hydrogen) atoms. The Labute approximate surface area is 112 Å². The highest BCUT2D eigenvalue weighted by atomic mass is 32.1. The minimum absolute atomic E-state index is 0.0979. The average Bonchev–Trinajstić information content (AvgIpc) is 2.70. The second-order valence-corrected chi connectivity index (χ2v) is 5.56. The van der Waals surface area contributed by atoms with Crippen molar-refractivity contribution in [1.29, 1.82) is 0 Å². The van der Waals surface area contributed by atoms with Crippen LogP contribution < -0.4 is 0 Å². The van der Waals surface area contributed by atoms with E-state index in [1.54, 1.807) is 16.2 Å². The summed E-state index contributed by atoms with van der Waals surface area (Å²) < 4.78 is 0. The molecule has 0 saturated carbocycles. The van der Waals surface area contributed by atoms with Crippen LogP contribution in [-0.2, 0) is 6.54 Å². The van der Waals surface area contributed by atoms with Crippen molar-refractivity contribution in [2.75, 3.05) is 7.05 Å². The first kappa shape index (κ1) is 12.8. The molecule has 94 valence electrons. The third-order valence-electron chi connectivity index (χ3n) is 3.13. The summed E-state index contributed by atoms with van der Waals surface area (Å²) in [4.78, 5) is 15.3. The van der Waals surface area contributed by atoms with Gasteiger partial charge in [-0.1, -0.05) is 30.3 Å². The van der Waals surface area contributed by atoms with E-state index in [1.165, 1.54) is 4.88 Å². The number of benzene rings is 1. The highest BCUT2D eigenvalue weighted by Gasteiger charge is 2.16. The molecule has 0 aliphatic heterocycles. The summed E-state index contributed by atoms with van der Waals surface area (Å²) in [5.41, 5.74) is 3.08. The number of nitrogens with zero attached hydrogens (tertiary/aromatic N) is 1. The first-order chi connectivity index (χ1) is 8.59. The van der Waals surface area contributed by atoms with Crippen molar-refractivity contribution in [1.82, 2.24) is 4.90 Å². The highest BCUT2D eigenvalue weighted by Crippen LogP contribution is 2.22. The highest BCUT2D eigenvalue weighted by molar-refractivity contribution is 7.10. The van der Waals surface area contributed by atoms with Crippen molar-refractivity contribution in [2.45, 2.75) is 20.4 Å². The lowest BCUT2D eigenvalue weighted by atomic mass is 10.1. The van der Waals surface area contributed by atoms with Crippen molar-refractivity contribution in [2.24, 2.45) is 0 Å². The van der Waals surface area contributed by atoms with E-state index >= 15 is 0 Å². The molecule has 0 radical (unpaired) electrons. The van der Waals surface area contributed by atoms with E-state index in [2.05, 4.69) is 0 Å². The first-order valence-electron chi connectivity index (χ1n) is 5.93. The maximum atomic E-state index is 12.3. The van der Waals surface area contributed by atoms with E-state index in [1.807, 2.05) is 56.6 Å². The Morgan fingerprint density at radius 2 is 1.89 bits per heavy atom. The van der Waals surface area contributed by atoms with Crippen LogP contribution in [0.2, 0.25) is 0 Å². The number of carbonyl (C=O) groups is 1. The summed E-state index contributed by atoms with van der Waals surface area (Å²) in [5, 5.41) is 1.95. The minimum Gasteiger partial charge on any atom is -0.337 e. The third-order valence-corrected chi connectivity index (χ3v) is 4.14. The van der Waals surface area contributed by atoms with Crippen LogP contribution >= 0.6 is 11.3 Å². The van der Waals surface area contributed by atoms with Gasteiger partial charge in [-0.3, -0.25) is 4.79 Å². The maximum absolute atomic E-state index is 12.3. The van der Waals surface area contributed by atoms with Crippen LogP contribution in [0.3, 0.4) is 0 Å². The van der Waals surface area contributed by atoms with Crippen LogP contribution in [0.25, 0.3) is 0 Å². The Hall–Kier alpha value is -1.61. The number of rotatable bonds is 3. The number of aryl methyl sites for hydroxylation is 1. The van der Waals surface area contributed by atoms with Gasteiger partial charge in [-0.15, -0.1) is 11.3 Å². The molecule has 0 spiro atoms. The minimum atomic E-state index is 0.0979. The van der Waals surface area contributed by atoms with Crippen molar-refractivity contribution in [3.05, 3.63) is 57.3 Å². The van der Waals surface area contributed by atoms with E-state index in [0.29, 0.717) is 6.54 Å². The monoisotopic (exact) mass is 259 g/mol. The standard InChI is InChI=1S/C15H17NOS/c1-11-12(2)18-10-14(11)15(17)16(3)9-13-7-5-4-6-8-13/h4-8,10H,9H2,1-3H3. The fourth-order valence-electron chi connectivity index (χ4n) is 1.86. The van der Waals surface area contributed by atoms with Crippen LogP contribution in [-0.4, -0.2) is 17.9 Å². The zero-order valence-corrected chi connectivity index (χ0v) is 11.8. The summed E-state index contributed by atoms with van der Waals surface area (Å²) in [7, 11) is 1.85. The van der Waals surface area contributed by atoms with Gasteiger partial charge in [-0.05, 0) is 25.0 Å². The average molecular weight is 259 g/mol. The molecule has 2 rings (SSSR count). The quantitative estimate of drug-likeness (QED) is 0.824. The Morgan fingerprint density at radius 3 is 2.44 bits per heavy atom. The molecule has 0 aliphatic rings. The van der Waals surface area contributed by atoms with Crippen LogP contribution in [0.15, 0.2) is 35.7 Å². The van der Waals surface area contributed by atoms with Gasteiger partial charge in [0.2, 0.25) is 0 Å². The zero-order valence-electron chi connectivity index (χ0n) is 10.9. The lowest BCUT2D eigenvalue weighted by molar-refractivity contribution is 0.0785. The molecule has 0 atom stereocenters. The molecule has 1 aromatic carbocycles.